The molecule has 0 aliphatic rings. The molecule has 0 unspecified atom stereocenters. The number of hydrogen-bond acceptors (Lipinski definition) is 3. The first-order chi connectivity index (χ1) is 9.29. The summed E-state index contributed by atoms with van der Waals surface area (Å²) < 4.78 is 27.0. The summed E-state index contributed by atoms with van der Waals surface area (Å²) in [5.74, 6) is 0. The summed E-state index contributed by atoms with van der Waals surface area (Å²) in [6.07, 6.45) is 1.40. The van der Waals surface area contributed by atoms with Crippen molar-refractivity contribution in [2.24, 2.45) is 0 Å². The second kappa shape index (κ2) is 5.77. The largest absolute Gasteiger partial charge is 0.326 e. The predicted octanol–water partition coefficient (Wildman–Crippen LogP) is 3.25. The van der Waals surface area contributed by atoms with Gasteiger partial charge in [-0.25, -0.2) is 8.42 Å². The Kier molecular flexibility index (Phi) is 4.43. The number of nitrogens with one attached hydrogen (secondary N) is 2. The van der Waals surface area contributed by atoms with Gasteiger partial charge >= 0.3 is 0 Å². The molecule has 2 aromatic rings. The van der Waals surface area contributed by atoms with Crippen molar-refractivity contribution in [2.45, 2.75) is 4.90 Å². The Balaban J connectivity index is 2.43. The Morgan fingerprint density at radius 3 is 2.50 bits per heavy atom. The summed E-state index contributed by atoms with van der Waals surface area (Å²) in [7, 11) is -3.93. The molecule has 1 heterocycles. The maximum atomic E-state index is 12.1. The lowest BCUT2D eigenvalue weighted by Crippen LogP contribution is -2.20. The molecule has 0 saturated carbocycles. The summed E-state index contributed by atoms with van der Waals surface area (Å²) in [6.45, 7) is 0. The molecule has 5 nitrogen and oxygen atoms in total. The molecule has 0 amide bonds. The average Bonchev–Trinajstić information content (AvgIpc) is 2.36. The van der Waals surface area contributed by atoms with Crippen molar-refractivity contribution in [3.63, 3.8) is 0 Å². The number of hydrogen-bond donors (Lipinski definition) is 2. The number of H-pyrrole nitrogens is 1. The van der Waals surface area contributed by atoms with Gasteiger partial charge in [-0.1, -0.05) is 23.2 Å². The highest BCUT2D eigenvalue weighted by molar-refractivity contribution is 9.10. The van der Waals surface area contributed by atoms with Gasteiger partial charge in [0.25, 0.3) is 15.6 Å². The Bertz CT molecular complexity index is 821. The second-order valence-electron chi connectivity index (χ2n) is 3.74. The Labute approximate surface area is 133 Å². The van der Waals surface area contributed by atoms with E-state index in [0.29, 0.717) is 4.47 Å². The molecule has 106 valence electrons. The molecule has 1 aromatic heterocycles. The van der Waals surface area contributed by atoms with E-state index in [4.69, 9.17) is 23.2 Å². The van der Waals surface area contributed by atoms with Gasteiger partial charge in [0, 0.05) is 10.7 Å². The number of anilines is 1. The smallest absolute Gasteiger partial charge is 0.272 e. The minimum Gasteiger partial charge on any atom is -0.326 e. The number of benzene rings is 1. The highest BCUT2D eigenvalue weighted by atomic mass is 79.9. The van der Waals surface area contributed by atoms with Crippen molar-refractivity contribution in [3.05, 3.63) is 55.3 Å². The summed E-state index contributed by atoms with van der Waals surface area (Å²) in [5.41, 5.74) is -0.665. The van der Waals surface area contributed by atoms with Crippen LogP contribution in [0.2, 0.25) is 10.0 Å². The minimum absolute atomic E-state index is 0.0914. The van der Waals surface area contributed by atoms with Gasteiger partial charge < -0.3 is 4.98 Å². The van der Waals surface area contributed by atoms with Gasteiger partial charge in [-0.15, -0.1) is 0 Å². The summed E-state index contributed by atoms with van der Waals surface area (Å²) >= 11 is 14.6. The van der Waals surface area contributed by atoms with Gasteiger partial charge in [-0.3, -0.25) is 9.52 Å². The third kappa shape index (κ3) is 3.35. The van der Waals surface area contributed by atoms with Crippen LogP contribution in [0.4, 0.5) is 5.69 Å². The molecule has 0 atom stereocenters. The number of halogens is 3. The molecule has 1 aromatic carbocycles. The number of rotatable bonds is 3. The van der Waals surface area contributed by atoms with Crippen LogP contribution in [0.3, 0.4) is 0 Å². The van der Waals surface area contributed by atoms with Crippen molar-refractivity contribution in [1.82, 2.24) is 4.98 Å². The van der Waals surface area contributed by atoms with E-state index in [1.54, 1.807) is 0 Å². The van der Waals surface area contributed by atoms with Crippen molar-refractivity contribution >= 4 is 54.8 Å². The number of sulfonamides is 1. The quantitative estimate of drug-likeness (QED) is 0.834. The van der Waals surface area contributed by atoms with Crippen molar-refractivity contribution in [1.29, 1.82) is 0 Å². The molecule has 2 N–H and O–H groups in total. The third-order valence-corrected chi connectivity index (χ3v) is 4.87. The molecule has 0 fully saturated rings. The van der Waals surface area contributed by atoms with Gasteiger partial charge in [-0.05, 0) is 40.2 Å². The summed E-state index contributed by atoms with van der Waals surface area (Å²) in [5, 5.41) is 0.351. The molecule has 9 heteroatoms. The van der Waals surface area contributed by atoms with Gasteiger partial charge in [0.05, 0.1) is 14.9 Å². The fourth-order valence-corrected chi connectivity index (χ4v) is 3.17. The van der Waals surface area contributed by atoms with Crippen LogP contribution in [-0.4, -0.2) is 13.4 Å². The first-order valence-electron chi connectivity index (χ1n) is 5.16. The lowest BCUT2D eigenvalue weighted by molar-refractivity contribution is 0.601. The maximum absolute atomic E-state index is 12.1. The zero-order chi connectivity index (χ0) is 14.9. The van der Waals surface area contributed by atoms with E-state index in [1.165, 1.54) is 30.5 Å². The first kappa shape index (κ1) is 15.4. The van der Waals surface area contributed by atoms with E-state index in [0.717, 1.165) is 0 Å². The fourth-order valence-electron chi connectivity index (χ4n) is 1.38. The maximum Gasteiger partial charge on any atom is 0.272 e. The molecule has 0 bridgehead atoms. The number of aromatic amines is 1. The molecular formula is C11H7BrCl2N2O3S. The lowest BCUT2D eigenvalue weighted by Gasteiger charge is -2.08. The third-order valence-electron chi connectivity index (χ3n) is 2.31. The SMILES string of the molecule is O=c1[nH]cc(Br)cc1NS(=O)(=O)c1ccc(Cl)c(Cl)c1. The Morgan fingerprint density at radius 1 is 1.15 bits per heavy atom. The molecule has 0 saturated heterocycles. The van der Waals surface area contributed by atoms with Gasteiger partial charge in [-0.2, -0.15) is 0 Å². The van der Waals surface area contributed by atoms with Crippen molar-refractivity contribution in [3.8, 4) is 0 Å². The van der Waals surface area contributed by atoms with Gasteiger partial charge in [0.1, 0.15) is 5.69 Å². The van der Waals surface area contributed by atoms with Crippen LogP contribution in [0.1, 0.15) is 0 Å². The average molecular weight is 398 g/mol. The standard InChI is InChI=1S/C11H7BrCl2N2O3S/c12-6-3-10(11(17)15-5-6)16-20(18,19)7-1-2-8(13)9(14)4-7/h1-5,16H,(H,15,17). The van der Waals surface area contributed by atoms with E-state index in [1.807, 2.05) is 0 Å². The van der Waals surface area contributed by atoms with Crippen LogP contribution in [0.5, 0.6) is 0 Å². The molecule has 0 aliphatic carbocycles. The summed E-state index contributed by atoms with van der Waals surface area (Å²) in [4.78, 5) is 13.8. The molecule has 2 rings (SSSR count). The molecule has 0 aliphatic heterocycles. The second-order valence-corrected chi connectivity index (χ2v) is 7.15. The van der Waals surface area contributed by atoms with E-state index in [9.17, 15) is 13.2 Å². The topological polar surface area (TPSA) is 79.0 Å². The zero-order valence-electron chi connectivity index (χ0n) is 9.65. The van der Waals surface area contributed by atoms with Gasteiger partial charge in [0.15, 0.2) is 0 Å². The van der Waals surface area contributed by atoms with E-state index in [2.05, 4.69) is 25.6 Å². The minimum atomic E-state index is -3.93. The Morgan fingerprint density at radius 2 is 1.85 bits per heavy atom. The van der Waals surface area contributed by atoms with Crippen LogP contribution >= 0.6 is 39.1 Å². The van der Waals surface area contributed by atoms with Crippen LogP contribution in [0.25, 0.3) is 0 Å². The predicted molar refractivity (Wildman–Crippen MR) is 82.0 cm³/mol. The molecular weight excluding hydrogens is 391 g/mol. The molecule has 0 radical (unpaired) electrons. The monoisotopic (exact) mass is 396 g/mol. The van der Waals surface area contributed by atoms with Crippen molar-refractivity contribution in [2.75, 3.05) is 4.72 Å². The van der Waals surface area contributed by atoms with E-state index >= 15 is 0 Å². The zero-order valence-corrected chi connectivity index (χ0v) is 13.6. The first-order valence-corrected chi connectivity index (χ1v) is 8.19. The normalized spacial score (nSPS) is 11.3. The molecule has 0 spiro atoms. The fraction of sp³-hybridized carbons (Fsp3) is 0. The van der Waals surface area contributed by atoms with E-state index in [-0.39, 0.29) is 20.6 Å². The number of pyridine rings is 1. The van der Waals surface area contributed by atoms with Gasteiger partial charge in [0.2, 0.25) is 0 Å². The summed E-state index contributed by atoms with van der Waals surface area (Å²) in [6, 6.07) is 5.22. The number of aromatic nitrogens is 1. The molecule has 20 heavy (non-hydrogen) atoms. The lowest BCUT2D eigenvalue weighted by atomic mass is 10.4. The highest BCUT2D eigenvalue weighted by Crippen LogP contribution is 2.25. The van der Waals surface area contributed by atoms with Crippen LogP contribution in [-0.2, 0) is 10.0 Å². The van der Waals surface area contributed by atoms with E-state index < -0.39 is 15.6 Å². The van der Waals surface area contributed by atoms with Crippen molar-refractivity contribution < 1.29 is 8.42 Å². The van der Waals surface area contributed by atoms with Crippen LogP contribution < -0.4 is 10.3 Å². The highest BCUT2D eigenvalue weighted by Gasteiger charge is 2.17. The van der Waals surface area contributed by atoms with Crippen LogP contribution in [0.15, 0.2) is 44.6 Å². The van der Waals surface area contributed by atoms with Crippen LogP contribution in [0, 0.1) is 0 Å². The Hall–Kier alpha value is -1.02.